The smallest absolute Gasteiger partial charge is 0.270 e. The van der Waals surface area contributed by atoms with E-state index in [1.165, 1.54) is 21.4 Å². The molecule has 51 heavy (non-hydrogen) atoms. The zero-order chi connectivity index (χ0) is 35.7. The standard InChI is InChI=1S/C40H47N7O4/c1-3-36(48)43-34(40(51)47-21-19-46(20-22-47)27-30-9-5-4-6-10-30)23-28-13-15-29(16-14-28)26-41-39(50)37(44-38(49)35-17-18-42-45(35)2)33-24-31-11-7-8-12-32(31)25-33/h4-18,33-34,37H,3,19-27H2,1-2H3,(H,41,50)(H,43,48)(H,44,49)/t34?,37-/m0/s1. The lowest BCUT2D eigenvalue weighted by atomic mass is 9.95. The molecule has 4 aromatic rings. The van der Waals surface area contributed by atoms with Crippen LogP contribution < -0.4 is 16.0 Å². The van der Waals surface area contributed by atoms with Gasteiger partial charge in [-0.15, -0.1) is 0 Å². The van der Waals surface area contributed by atoms with Crippen molar-refractivity contribution in [1.82, 2.24) is 35.5 Å². The van der Waals surface area contributed by atoms with Crippen molar-refractivity contribution in [1.29, 1.82) is 0 Å². The summed E-state index contributed by atoms with van der Waals surface area (Å²) >= 11 is 0. The third-order valence-corrected chi connectivity index (χ3v) is 9.99. The Balaban J connectivity index is 1.06. The number of amides is 4. The first-order valence-electron chi connectivity index (χ1n) is 17.8. The van der Waals surface area contributed by atoms with Crippen molar-refractivity contribution in [3.8, 4) is 0 Å². The number of carbonyl (C=O) groups excluding carboxylic acids is 4. The maximum absolute atomic E-state index is 13.7. The highest BCUT2D eigenvalue weighted by molar-refractivity contribution is 5.96. The second kappa shape index (κ2) is 16.6. The minimum atomic E-state index is -0.728. The van der Waals surface area contributed by atoms with Crippen LogP contribution in [0.3, 0.4) is 0 Å². The van der Waals surface area contributed by atoms with Gasteiger partial charge in [0.15, 0.2) is 0 Å². The summed E-state index contributed by atoms with van der Waals surface area (Å²) < 4.78 is 1.49. The van der Waals surface area contributed by atoms with Crippen molar-refractivity contribution in [2.45, 2.75) is 57.8 Å². The van der Waals surface area contributed by atoms with E-state index in [1.54, 1.807) is 26.2 Å². The van der Waals surface area contributed by atoms with Crippen LogP contribution in [0, 0.1) is 5.92 Å². The fourth-order valence-corrected chi connectivity index (χ4v) is 7.05. The second-order valence-corrected chi connectivity index (χ2v) is 13.5. The van der Waals surface area contributed by atoms with Gasteiger partial charge >= 0.3 is 0 Å². The molecular formula is C40H47N7O4. The molecule has 1 fully saturated rings. The van der Waals surface area contributed by atoms with Crippen LogP contribution in [0.1, 0.15) is 51.7 Å². The number of benzene rings is 3. The highest BCUT2D eigenvalue weighted by atomic mass is 16.2. The summed E-state index contributed by atoms with van der Waals surface area (Å²) in [7, 11) is 1.70. The Hall–Kier alpha value is -5.29. The molecule has 1 aliphatic carbocycles. The second-order valence-electron chi connectivity index (χ2n) is 13.5. The predicted molar refractivity (Wildman–Crippen MR) is 194 cm³/mol. The quantitative estimate of drug-likeness (QED) is 0.198. The molecule has 1 saturated heterocycles. The molecule has 2 heterocycles. The fourth-order valence-electron chi connectivity index (χ4n) is 7.05. The molecule has 0 spiro atoms. The molecule has 3 N–H and O–H groups in total. The molecule has 1 unspecified atom stereocenters. The average Bonchev–Trinajstić information content (AvgIpc) is 3.79. The van der Waals surface area contributed by atoms with Crippen molar-refractivity contribution < 1.29 is 19.2 Å². The van der Waals surface area contributed by atoms with E-state index in [-0.39, 0.29) is 36.1 Å². The molecule has 266 valence electrons. The Labute approximate surface area is 299 Å². The van der Waals surface area contributed by atoms with Gasteiger partial charge in [0.1, 0.15) is 17.8 Å². The number of hydrogen-bond donors (Lipinski definition) is 3. The number of nitrogens with one attached hydrogen (secondary N) is 3. The molecule has 1 aromatic heterocycles. The molecule has 6 rings (SSSR count). The number of piperazine rings is 1. The van der Waals surface area contributed by atoms with Crippen LogP contribution in [0.5, 0.6) is 0 Å². The first-order chi connectivity index (χ1) is 24.8. The Morgan fingerprint density at radius 2 is 1.43 bits per heavy atom. The van der Waals surface area contributed by atoms with E-state index in [4.69, 9.17) is 0 Å². The summed E-state index contributed by atoms with van der Waals surface area (Å²) in [4.78, 5) is 57.2. The minimum Gasteiger partial charge on any atom is -0.350 e. The molecule has 11 heteroatoms. The van der Waals surface area contributed by atoms with Crippen LogP contribution in [0.2, 0.25) is 0 Å². The van der Waals surface area contributed by atoms with E-state index >= 15 is 0 Å². The van der Waals surface area contributed by atoms with Crippen molar-refractivity contribution in [3.63, 3.8) is 0 Å². The summed E-state index contributed by atoms with van der Waals surface area (Å²) in [5.41, 5.74) is 5.82. The molecule has 1 aliphatic heterocycles. The summed E-state index contributed by atoms with van der Waals surface area (Å²) in [5, 5.41) is 13.1. The maximum atomic E-state index is 13.7. The normalized spacial score (nSPS) is 15.8. The van der Waals surface area contributed by atoms with Crippen LogP contribution in [0.25, 0.3) is 0 Å². The van der Waals surface area contributed by atoms with E-state index < -0.39 is 12.1 Å². The van der Waals surface area contributed by atoms with Gasteiger partial charge in [0, 0.05) is 65.4 Å². The van der Waals surface area contributed by atoms with Gasteiger partial charge in [-0.1, -0.05) is 85.8 Å². The molecule has 2 atom stereocenters. The molecule has 0 bridgehead atoms. The van der Waals surface area contributed by atoms with Gasteiger partial charge < -0.3 is 20.9 Å². The number of aromatic nitrogens is 2. The highest BCUT2D eigenvalue weighted by Crippen LogP contribution is 2.29. The van der Waals surface area contributed by atoms with Gasteiger partial charge in [0.05, 0.1) is 0 Å². The summed E-state index contributed by atoms with van der Waals surface area (Å²) in [6.45, 7) is 5.68. The zero-order valence-electron chi connectivity index (χ0n) is 29.4. The first-order valence-corrected chi connectivity index (χ1v) is 17.8. The average molecular weight is 690 g/mol. The van der Waals surface area contributed by atoms with Crippen LogP contribution in [0.4, 0.5) is 0 Å². The Morgan fingerprint density at radius 3 is 2.06 bits per heavy atom. The number of carbonyl (C=O) groups is 4. The summed E-state index contributed by atoms with van der Waals surface area (Å²) in [5.74, 6) is -0.902. The van der Waals surface area contributed by atoms with Gasteiger partial charge in [0.25, 0.3) is 5.91 Å². The Bertz CT molecular complexity index is 1790. The number of nitrogens with zero attached hydrogens (tertiary/aromatic N) is 4. The van der Waals surface area contributed by atoms with Crippen molar-refractivity contribution in [2.24, 2.45) is 13.0 Å². The Kier molecular flexibility index (Phi) is 11.6. The zero-order valence-corrected chi connectivity index (χ0v) is 29.4. The first kappa shape index (κ1) is 35.5. The van der Waals surface area contributed by atoms with Gasteiger partial charge in [-0.05, 0) is 52.6 Å². The van der Waals surface area contributed by atoms with Crippen molar-refractivity contribution in [2.75, 3.05) is 26.2 Å². The van der Waals surface area contributed by atoms with Gasteiger partial charge in [-0.25, -0.2) is 0 Å². The molecular weight excluding hydrogens is 642 g/mol. The van der Waals surface area contributed by atoms with E-state index in [2.05, 4.69) is 50.2 Å². The minimum absolute atomic E-state index is 0.0687. The third-order valence-electron chi connectivity index (χ3n) is 9.99. The van der Waals surface area contributed by atoms with Gasteiger partial charge in [0.2, 0.25) is 17.7 Å². The summed E-state index contributed by atoms with van der Waals surface area (Å²) in [6.07, 6.45) is 3.62. The van der Waals surface area contributed by atoms with Crippen molar-refractivity contribution >= 4 is 23.6 Å². The predicted octanol–water partition coefficient (Wildman–Crippen LogP) is 3.03. The van der Waals surface area contributed by atoms with Gasteiger partial charge in [-0.3, -0.25) is 28.8 Å². The molecule has 0 radical (unpaired) electrons. The lowest BCUT2D eigenvalue weighted by Crippen LogP contribution is -2.55. The Morgan fingerprint density at radius 1 is 0.784 bits per heavy atom. The molecule has 2 aliphatic rings. The SMILES string of the molecule is CCC(=O)NC(Cc1ccc(CNC(=O)[C@@H](NC(=O)c2ccnn2C)C2Cc3ccccc3C2)cc1)C(=O)N1CCN(Cc2ccccc2)CC1. The maximum Gasteiger partial charge on any atom is 0.270 e. The lowest BCUT2D eigenvalue weighted by Gasteiger charge is -2.36. The fraction of sp³-hybridized carbons (Fsp3) is 0.375. The van der Waals surface area contributed by atoms with E-state index in [0.29, 0.717) is 44.5 Å². The molecule has 4 amide bonds. The number of fused-ring (bicyclic) bond motifs is 1. The summed E-state index contributed by atoms with van der Waals surface area (Å²) in [6, 6.07) is 26.4. The molecule has 3 aromatic carbocycles. The number of rotatable bonds is 13. The topological polar surface area (TPSA) is 129 Å². The van der Waals surface area contributed by atoms with Crippen LogP contribution in [0.15, 0.2) is 91.1 Å². The number of hydrogen-bond acceptors (Lipinski definition) is 6. The van der Waals surface area contributed by atoms with Crippen LogP contribution in [-0.4, -0.2) is 81.5 Å². The van der Waals surface area contributed by atoms with Gasteiger partial charge in [-0.2, -0.15) is 5.10 Å². The molecule has 0 saturated carbocycles. The van der Waals surface area contributed by atoms with Crippen LogP contribution >= 0.6 is 0 Å². The van der Waals surface area contributed by atoms with E-state index in [0.717, 1.165) is 30.8 Å². The third kappa shape index (κ3) is 9.09. The largest absolute Gasteiger partial charge is 0.350 e. The highest BCUT2D eigenvalue weighted by Gasteiger charge is 2.35. The van der Waals surface area contributed by atoms with E-state index in [1.807, 2.05) is 59.5 Å². The number of aryl methyl sites for hydroxylation is 1. The molecule has 11 nitrogen and oxygen atoms in total. The van der Waals surface area contributed by atoms with Crippen molar-refractivity contribution in [3.05, 3.63) is 125 Å². The monoisotopic (exact) mass is 689 g/mol. The lowest BCUT2D eigenvalue weighted by molar-refractivity contribution is -0.138. The van der Waals surface area contributed by atoms with Crippen LogP contribution in [-0.2, 0) is 53.8 Å². The van der Waals surface area contributed by atoms with E-state index in [9.17, 15) is 19.2 Å².